The van der Waals surface area contributed by atoms with E-state index in [2.05, 4.69) is 0 Å². The number of benzene rings is 3. The van der Waals surface area contributed by atoms with Crippen LogP contribution in [0.1, 0.15) is 27.0 Å². The third-order valence-electron chi connectivity index (χ3n) is 6.26. The third-order valence-corrected chi connectivity index (χ3v) is 7.08. The number of carbonyl (C=O) groups is 3. The fraction of sp³-hybridized carbons (Fsp3) is 0.179. The number of nitrogens with zero attached hydrogens (tertiary/aromatic N) is 1. The minimum atomic E-state index is -0.822. The van der Waals surface area contributed by atoms with E-state index in [0.29, 0.717) is 23.6 Å². The Hall–Kier alpha value is -4.05. The van der Waals surface area contributed by atoms with Crippen molar-refractivity contribution in [3.05, 3.63) is 94.3 Å². The van der Waals surface area contributed by atoms with Crippen LogP contribution in [0.3, 0.4) is 0 Å². The van der Waals surface area contributed by atoms with E-state index in [0.717, 1.165) is 36.0 Å². The van der Waals surface area contributed by atoms with Gasteiger partial charge in [0.05, 0.1) is 13.7 Å². The lowest BCUT2D eigenvalue weighted by molar-refractivity contribution is -0.140. The predicted molar refractivity (Wildman–Crippen MR) is 136 cm³/mol. The van der Waals surface area contributed by atoms with Crippen molar-refractivity contribution in [2.24, 2.45) is 0 Å². The topological polar surface area (TPSA) is 72.9 Å². The first-order valence-corrected chi connectivity index (χ1v) is 12.6. The highest BCUT2D eigenvalue weighted by atomic mass is 32.2. The molecular weight excluding hydrogens is 519 g/mol. The van der Waals surface area contributed by atoms with Gasteiger partial charge >= 0.3 is 5.91 Å². The Bertz CT molecular complexity index is 1500. The molecule has 3 aromatic carbocycles. The Balaban J connectivity index is 1.49. The van der Waals surface area contributed by atoms with Gasteiger partial charge in [-0.15, -0.1) is 0 Å². The predicted octanol–water partition coefficient (Wildman–Crippen LogP) is 4.75. The molecule has 1 fully saturated rings. The first-order chi connectivity index (χ1) is 18.3. The molecule has 0 bridgehead atoms. The molecule has 1 aliphatic carbocycles. The quantitative estimate of drug-likeness (QED) is 0.404. The van der Waals surface area contributed by atoms with E-state index >= 15 is 0 Å². The zero-order valence-electron chi connectivity index (χ0n) is 20.1. The summed E-state index contributed by atoms with van der Waals surface area (Å²) in [6.45, 7) is 0.710. The van der Waals surface area contributed by atoms with E-state index < -0.39 is 34.3 Å². The monoisotopic (exact) mass is 539 g/mol. The number of Topliss-reactive ketones (excluding diaryl/α,β-unsaturated/α-hetero) is 1. The number of allylic oxidation sites excluding steroid dienone is 1. The van der Waals surface area contributed by atoms with Gasteiger partial charge in [-0.3, -0.25) is 14.4 Å². The van der Waals surface area contributed by atoms with Gasteiger partial charge in [0.25, 0.3) is 5.12 Å². The Kier molecular flexibility index (Phi) is 6.98. The van der Waals surface area contributed by atoms with Crippen molar-refractivity contribution in [1.82, 2.24) is 4.90 Å². The molecule has 0 saturated carbocycles. The number of ether oxygens (including phenoxy) is 2. The van der Waals surface area contributed by atoms with E-state index in [9.17, 15) is 27.6 Å². The number of halogens is 3. The van der Waals surface area contributed by atoms with Gasteiger partial charge in [0.2, 0.25) is 0 Å². The van der Waals surface area contributed by atoms with E-state index in [1.165, 1.54) is 30.2 Å². The second kappa shape index (κ2) is 10.4. The zero-order valence-corrected chi connectivity index (χ0v) is 20.9. The number of fused-ring (bicyclic) bond motifs is 1. The summed E-state index contributed by atoms with van der Waals surface area (Å²) in [6, 6.07) is 11.7. The van der Waals surface area contributed by atoms with E-state index in [1.807, 2.05) is 0 Å². The van der Waals surface area contributed by atoms with Gasteiger partial charge in [0, 0.05) is 35.1 Å². The molecule has 194 valence electrons. The fourth-order valence-corrected chi connectivity index (χ4v) is 5.27. The molecule has 0 spiro atoms. The molecule has 6 nitrogen and oxygen atoms in total. The molecule has 0 N–H and O–H groups in total. The largest absolute Gasteiger partial charge is 0.494 e. The molecule has 1 saturated heterocycles. The van der Waals surface area contributed by atoms with Crippen molar-refractivity contribution in [2.75, 3.05) is 32.6 Å². The number of amides is 1. The number of hydrogen-bond donors (Lipinski definition) is 0. The highest BCUT2D eigenvalue weighted by Crippen LogP contribution is 2.44. The molecule has 1 aliphatic heterocycles. The van der Waals surface area contributed by atoms with Gasteiger partial charge in [-0.2, -0.15) is 0 Å². The second-order valence-electron chi connectivity index (χ2n) is 8.57. The minimum absolute atomic E-state index is 0.0150. The summed E-state index contributed by atoms with van der Waals surface area (Å²) in [5.41, 5.74) is 1.31. The molecule has 0 unspecified atom stereocenters. The SMILES string of the molecule is COc1ccc(C2=C(c3cc(F)cc(F)c3)c3ccc(OCCN4CCSC(=O)C4=O)cc3C2=O)cc1F. The van der Waals surface area contributed by atoms with Crippen LogP contribution < -0.4 is 9.47 Å². The highest BCUT2D eigenvalue weighted by molar-refractivity contribution is 8.15. The summed E-state index contributed by atoms with van der Waals surface area (Å²) in [5.74, 6) is -2.55. The van der Waals surface area contributed by atoms with Crippen LogP contribution in [0.2, 0.25) is 0 Å². The van der Waals surface area contributed by atoms with E-state index in [1.54, 1.807) is 12.1 Å². The Morgan fingerprint density at radius 1 is 0.868 bits per heavy atom. The van der Waals surface area contributed by atoms with Crippen LogP contribution in [0.4, 0.5) is 13.2 Å². The lowest BCUT2D eigenvalue weighted by Gasteiger charge is -2.25. The van der Waals surface area contributed by atoms with E-state index in [4.69, 9.17) is 9.47 Å². The van der Waals surface area contributed by atoms with Gasteiger partial charge in [0.1, 0.15) is 24.0 Å². The molecule has 2 aliphatic rings. The average Bonchev–Trinajstić information content (AvgIpc) is 3.17. The van der Waals surface area contributed by atoms with Crippen LogP contribution in [-0.2, 0) is 9.59 Å². The standard InChI is InChI=1S/C28H20F3NO5S/c1-36-23-5-2-15(12-22(23)31)25-24(16-10-17(29)13-18(30)11-16)20-4-3-19(14-21(20)26(25)33)37-8-6-32-7-9-38-28(35)27(32)34/h2-5,10-14H,6-9H2,1H3. The van der Waals surface area contributed by atoms with Crippen molar-refractivity contribution in [3.8, 4) is 11.5 Å². The number of thioether (sulfide) groups is 1. The zero-order chi connectivity index (χ0) is 27.0. The number of carbonyl (C=O) groups excluding carboxylic acids is 3. The molecule has 0 aromatic heterocycles. The van der Waals surface area contributed by atoms with Crippen LogP contribution >= 0.6 is 11.8 Å². The van der Waals surface area contributed by atoms with Crippen molar-refractivity contribution in [2.45, 2.75) is 0 Å². The summed E-state index contributed by atoms with van der Waals surface area (Å²) in [6.07, 6.45) is 0. The third kappa shape index (κ3) is 4.79. The van der Waals surface area contributed by atoms with Crippen molar-refractivity contribution in [1.29, 1.82) is 0 Å². The molecule has 5 rings (SSSR count). The van der Waals surface area contributed by atoms with Gasteiger partial charge in [0.15, 0.2) is 17.3 Å². The van der Waals surface area contributed by atoms with Crippen molar-refractivity contribution < 1.29 is 37.0 Å². The first kappa shape index (κ1) is 25.6. The Morgan fingerprint density at radius 2 is 1.63 bits per heavy atom. The number of rotatable bonds is 7. The maximum absolute atomic E-state index is 14.6. The molecule has 10 heteroatoms. The summed E-state index contributed by atoms with van der Waals surface area (Å²) >= 11 is 0.984. The molecule has 3 aromatic rings. The van der Waals surface area contributed by atoms with Crippen LogP contribution in [0.15, 0.2) is 54.6 Å². The fourth-order valence-electron chi connectivity index (χ4n) is 4.53. The van der Waals surface area contributed by atoms with Crippen LogP contribution in [-0.4, -0.2) is 54.3 Å². The molecule has 0 radical (unpaired) electrons. The smallest absolute Gasteiger partial charge is 0.301 e. The van der Waals surface area contributed by atoms with Crippen molar-refractivity contribution >= 4 is 39.7 Å². The summed E-state index contributed by atoms with van der Waals surface area (Å²) < 4.78 is 53.6. The Morgan fingerprint density at radius 3 is 2.34 bits per heavy atom. The Labute approximate surface area is 220 Å². The average molecular weight is 540 g/mol. The molecule has 38 heavy (non-hydrogen) atoms. The lowest BCUT2D eigenvalue weighted by Crippen LogP contribution is -2.43. The van der Waals surface area contributed by atoms with Crippen LogP contribution in [0, 0.1) is 17.5 Å². The number of ketones is 1. The van der Waals surface area contributed by atoms with Gasteiger partial charge < -0.3 is 14.4 Å². The second-order valence-corrected chi connectivity index (χ2v) is 9.64. The molecular formula is C28H20F3NO5S. The van der Waals surface area contributed by atoms with Gasteiger partial charge in [-0.25, -0.2) is 13.2 Å². The summed E-state index contributed by atoms with van der Waals surface area (Å²) in [5, 5.41) is -0.505. The highest BCUT2D eigenvalue weighted by Gasteiger charge is 2.33. The summed E-state index contributed by atoms with van der Waals surface area (Å²) in [7, 11) is 1.31. The van der Waals surface area contributed by atoms with E-state index in [-0.39, 0.29) is 46.7 Å². The lowest BCUT2D eigenvalue weighted by atomic mass is 9.94. The maximum Gasteiger partial charge on any atom is 0.301 e. The number of hydrogen-bond acceptors (Lipinski definition) is 6. The number of methoxy groups -OCH3 is 1. The molecule has 1 amide bonds. The minimum Gasteiger partial charge on any atom is -0.494 e. The van der Waals surface area contributed by atoms with Gasteiger partial charge in [-0.05, 0) is 59.2 Å². The van der Waals surface area contributed by atoms with Gasteiger partial charge in [-0.1, -0.05) is 17.8 Å². The maximum atomic E-state index is 14.6. The first-order valence-electron chi connectivity index (χ1n) is 11.6. The molecule has 1 heterocycles. The summed E-state index contributed by atoms with van der Waals surface area (Å²) in [4.78, 5) is 38.6. The van der Waals surface area contributed by atoms with Crippen molar-refractivity contribution in [3.63, 3.8) is 0 Å². The molecule has 0 atom stereocenters. The van der Waals surface area contributed by atoms with Crippen LogP contribution in [0.25, 0.3) is 11.1 Å². The van der Waals surface area contributed by atoms with Crippen LogP contribution in [0.5, 0.6) is 11.5 Å². The normalized spacial score (nSPS) is 15.3.